The van der Waals surface area contributed by atoms with E-state index in [9.17, 15) is 0 Å². The number of rotatable bonds is 11. The van der Waals surface area contributed by atoms with Crippen LogP contribution in [0.4, 0.5) is 0 Å². The third-order valence-electron chi connectivity index (χ3n) is 5.57. The van der Waals surface area contributed by atoms with Crippen LogP contribution < -0.4 is 10.6 Å². The van der Waals surface area contributed by atoms with E-state index in [2.05, 4.69) is 71.5 Å². The fourth-order valence-electron chi connectivity index (χ4n) is 3.77. The molecule has 0 amide bonds. The lowest BCUT2D eigenvalue weighted by atomic mass is 10.0. The van der Waals surface area contributed by atoms with Crippen LogP contribution in [0.3, 0.4) is 0 Å². The second-order valence-corrected chi connectivity index (χ2v) is 7.68. The van der Waals surface area contributed by atoms with Crippen LogP contribution in [-0.4, -0.2) is 67.6 Å². The standard InChI is InChI=1S/C23H41N5/c1-4-24-23(25-16-10-11-17-27(5-2)6-3)26-22-14-18-28(19-15-22)20-21-12-8-7-9-13-21/h7-9,12-13,22H,4-6,10-11,14-20H2,1-3H3,(H2,24,25,26). The molecule has 1 saturated heterocycles. The van der Waals surface area contributed by atoms with Gasteiger partial charge >= 0.3 is 0 Å². The molecule has 1 aromatic rings. The van der Waals surface area contributed by atoms with Gasteiger partial charge in [0.25, 0.3) is 0 Å². The van der Waals surface area contributed by atoms with E-state index in [0.717, 1.165) is 58.2 Å². The monoisotopic (exact) mass is 387 g/mol. The van der Waals surface area contributed by atoms with Gasteiger partial charge in [-0.1, -0.05) is 44.2 Å². The van der Waals surface area contributed by atoms with E-state index in [1.807, 2.05) is 0 Å². The summed E-state index contributed by atoms with van der Waals surface area (Å²) in [7, 11) is 0. The van der Waals surface area contributed by atoms with Crippen molar-refractivity contribution in [1.29, 1.82) is 0 Å². The molecule has 0 atom stereocenters. The molecule has 1 aliphatic heterocycles. The molecule has 158 valence electrons. The predicted octanol–water partition coefficient (Wildman–Crippen LogP) is 3.33. The first-order valence-corrected chi connectivity index (χ1v) is 11.3. The van der Waals surface area contributed by atoms with Crippen LogP contribution in [0.5, 0.6) is 0 Å². The zero-order chi connectivity index (χ0) is 20.0. The van der Waals surface area contributed by atoms with E-state index in [1.54, 1.807) is 0 Å². The maximum Gasteiger partial charge on any atom is 0.191 e. The molecule has 5 heteroatoms. The Labute approximate surface area is 172 Å². The third kappa shape index (κ3) is 8.61. The van der Waals surface area contributed by atoms with Gasteiger partial charge in [-0.2, -0.15) is 0 Å². The molecule has 0 spiro atoms. The van der Waals surface area contributed by atoms with Crippen LogP contribution in [0.15, 0.2) is 35.3 Å². The summed E-state index contributed by atoms with van der Waals surface area (Å²) in [5.41, 5.74) is 1.41. The van der Waals surface area contributed by atoms with E-state index in [4.69, 9.17) is 4.99 Å². The van der Waals surface area contributed by atoms with E-state index >= 15 is 0 Å². The summed E-state index contributed by atoms with van der Waals surface area (Å²) in [5, 5.41) is 7.08. The van der Waals surface area contributed by atoms with Crippen molar-refractivity contribution in [2.24, 2.45) is 4.99 Å². The fourth-order valence-corrected chi connectivity index (χ4v) is 3.77. The van der Waals surface area contributed by atoms with Gasteiger partial charge in [-0.15, -0.1) is 0 Å². The Morgan fingerprint density at radius 3 is 2.43 bits per heavy atom. The van der Waals surface area contributed by atoms with Crippen LogP contribution in [0, 0.1) is 0 Å². The summed E-state index contributed by atoms with van der Waals surface area (Å²) < 4.78 is 0. The fraction of sp³-hybridized carbons (Fsp3) is 0.696. The number of unbranched alkanes of at least 4 members (excludes halogenated alkanes) is 1. The Balaban J connectivity index is 1.69. The Morgan fingerprint density at radius 2 is 1.79 bits per heavy atom. The van der Waals surface area contributed by atoms with Gasteiger partial charge in [0.1, 0.15) is 0 Å². The Bertz CT molecular complexity index is 533. The minimum absolute atomic E-state index is 0.528. The van der Waals surface area contributed by atoms with Crippen molar-refractivity contribution in [1.82, 2.24) is 20.4 Å². The van der Waals surface area contributed by atoms with Crippen molar-refractivity contribution in [3.63, 3.8) is 0 Å². The van der Waals surface area contributed by atoms with Crippen molar-refractivity contribution < 1.29 is 0 Å². The normalized spacial score (nSPS) is 16.5. The molecule has 0 aliphatic carbocycles. The second kappa shape index (κ2) is 13.6. The number of guanidine groups is 1. The summed E-state index contributed by atoms with van der Waals surface area (Å²) in [4.78, 5) is 9.85. The number of hydrogen-bond donors (Lipinski definition) is 2. The lowest BCUT2D eigenvalue weighted by molar-refractivity contribution is 0.198. The quantitative estimate of drug-likeness (QED) is 0.347. The van der Waals surface area contributed by atoms with Gasteiger partial charge in [0.2, 0.25) is 0 Å². The van der Waals surface area contributed by atoms with Crippen LogP contribution in [0.25, 0.3) is 0 Å². The number of piperidine rings is 1. The van der Waals surface area contributed by atoms with Gasteiger partial charge in [-0.05, 0) is 57.8 Å². The number of nitrogens with one attached hydrogen (secondary N) is 2. The SMILES string of the molecule is CCNC(=NCCCCN(CC)CC)NC1CCN(Cc2ccccc2)CC1. The summed E-state index contributed by atoms with van der Waals surface area (Å²) in [6.45, 7) is 15.3. The zero-order valence-corrected chi connectivity index (χ0v) is 18.3. The van der Waals surface area contributed by atoms with Crippen LogP contribution in [0.1, 0.15) is 52.0 Å². The first kappa shape index (κ1) is 22.7. The van der Waals surface area contributed by atoms with Crippen LogP contribution in [0.2, 0.25) is 0 Å². The zero-order valence-electron chi connectivity index (χ0n) is 18.3. The maximum atomic E-state index is 4.81. The van der Waals surface area contributed by atoms with E-state index in [-0.39, 0.29) is 0 Å². The maximum absolute atomic E-state index is 4.81. The molecule has 2 rings (SSSR count). The highest BCUT2D eigenvalue weighted by atomic mass is 15.2. The average Bonchev–Trinajstić information content (AvgIpc) is 2.73. The van der Waals surface area contributed by atoms with E-state index in [0.29, 0.717) is 6.04 Å². The number of aliphatic imine (C=N–C) groups is 1. The van der Waals surface area contributed by atoms with Crippen molar-refractivity contribution in [3.05, 3.63) is 35.9 Å². The third-order valence-corrected chi connectivity index (χ3v) is 5.57. The van der Waals surface area contributed by atoms with Gasteiger partial charge in [0.15, 0.2) is 5.96 Å². The van der Waals surface area contributed by atoms with E-state index < -0.39 is 0 Å². The molecular formula is C23H41N5. The molecular weight excluding hydrogens is 346 g/mol. The number of likely N-dealkylation sites (tertiary alicyclic amines) is 1. The molecule has 0 aromatic heterocycles. The van der Waals surface area contributed by atoms with Gasteiger partial charge in [0, 0.05) is 38.8 Å². The predicted molar refractivity (Wildman–Crippen MR) is 121 cm³/mol. The first-order valence-electron chi connectivity index (χ1n) is 11.3. The summed E-state index contributed by atoms with van der Waals surface area (Å²) in [6.07, 6.45) is 4.74. The molecule has 0 bridgehead atoms. The van der Waals surface area contributed by atoms with Crippen molar-refractivity contribution in [2.75, 3.05) is 45.8 Å². The largest absolute Gasteiger partial charge is 0.357 e. The second-order valence-electron chi connectivity index (χ2n) is 7.68. The van der Waals surface area contributed by atoms with Gasteiger partial charge in [-0.3, -0.25) is 9.89 Å². The number of benzene rings is 1. The lowest BCUT2D eigenvalue weighted by Crippen LogP contribution is -2.48. The molecule has 5 nitrogen and oxygen atoms in total. The lowest BCUT2D eigenvalue weighted by Gasteiger charge is -2.33. The molecule has 2 N–H and O–H groups in total. The van der Waals surface area contributed by atoms with E-state index in [1.165, 1.54) is 31.4 Å². The van der Waals surface area contributed by atoms with Gasteiger partial charge < -0.3 is 15.5 Å². The molecule has 28 heavy (non-hydrogen) atoms. The number of hydrogen-bond acceptors (Lipinski definition) is 3. The Hall–Kier alpha value is -1.59. The molecule has 0 unspecified atom stereocenters. The molecule has 1 aromatic carbocycles. The highest BCUT2D eigenvalue weighted by molar-refractivity contribution is 5.80. The van der Waals surface area contributed by atoms with Gasteiger partial charge in [0.05, 0.1) is 0 Å². The minimum atomic E-state index is 0.528. The van der Waals surface area contributed by atoms with Crippen molar-refractivity contribution in [2.45, 2.75) is 59.0 Å². The van der Waals surface area contributed by atoms with Crippen molar-refractivity contribution >= 4 is 5.96 Å². The van der Waals surface area contributed by atoms with Gasteiger partial charge in [-0.25, -0.2) is 0 Å². The molecule has 1 fully saturated rings. The molecule has 1 aliphatic rings. The van der Waals surface area contributed by atoms with Crippen LogP contribution >= 0.6 is 0 Å². The smallest absolute Gasteiger partial charge is 0.191 e. The van der Waals surface area contributed by atoms with Crippen molar-refractivity contribution in [3.8, 4) is 0 Å². The highest BCUT2D eigenvalue weighted by Gasteiger charge is 2.19. The molecule has 0 radical (unpaired) electrons. The van der Waals surface area contributed by atoms with Crippen LogP contribution in [-0.2, 0) is 6.54 Å². The molecule has 1 heterocycles. The molecule has 0 saturated carbocycles. The average molecular weight is 388 g/mol. The number of nitrogens with zero attached hydrogens (tertiary/aromatic N) is 3. The summed E-state index contributed by atoms with van der Waals surface area (Å²) >= 11 is 0. The topological polar surface area (TPSA) is 42.9 Å². The highest BCUT2D eigenvalue weighted by Crippen LogP contribution is 2.13. The minimum Gasteiger partial charge on any atom is -0.357 e. The Morgan fingerprint density at radius 1 is 1.07 bits per heavy atom. The Kier molecular flexibility index (Phi) is 11.0. The summed E-state index contributed by atoms with van der Waals surface area (Å²) in [6, 6.07) is 11.3. The summed E-state index contributed by atoms with van der Waals surface area (Å²) in [5.74, 6) is 0.992. The first-order chi connectivity index (χ1) is 13.7.